The number of H-pyrrole nitrogens is 1. The molecule has 78 valence electrons. The average molecular weight is 225 g/mol. The van der Waals surface area contributed by atoms with E-state index in [0.717, 1.165) is 12.0 Å². The quantitative estimate of drug-likeness (QED) is 0.813. The van der Waals surface area contributed by atoms with E-state index in [9.17, 15) is 4.79 Å². The highest BCUT2D eigenvalue weighted by Gasteiger charge is 2.01. The smallest absolute Gasteiger partial charge is 0.406 e. The SMILES string of the molecule is O=c1[nH]c2ncc(C=CCCCl)cc2o1. The second-order valence-electron chi connectivity index (χ2n) is 3.01. The lowest BCUT2D eigenvalue weighted by Crippen LogP contribution is -1.93. The van der Waals surface area contributed by atoms with Crippen LogP contribution in [0.15, 0.2) is 27.6 Å². The van der Waals surface area contributed by atoms with Crippen LogP contribution in [-0.4, -0.2) is 15.8 Å². The zero-order valence-electron chi connectivity index (χ0n) is 7.87. The van der Waals surface area contributed by atoms with E-state index in [1.54, 1.807) is 12.3 Å². The van der Waals surface area contributed by atoms with Gasteiger partial charge in [0.25, 0.3) is 0 Å². The number of aromatic amines is 1. The molecule has 0 aromatic carbocycles. The summed E-state index contributed by atoms with van der Waals surface area (Å²) in [6, 6.07) is 1.75. The molecule has 0 saturated carbocycles. The molecule has 0 bridgehead atoms. The van der Waals surface area contributed by atoms with Crippen LogP contribution in [0.1, 0.15) is 12.0 Å². The van der Waals surface area contributed by atoms with E-state index >= 15 is 0 Å². The van der Waals surface area contributed by atoms with E-state index in [-0.39, 0.29) is 0 Å². The van der Waals surface area contributed by atoms with Gasteiger partial charge >= 0.3 is 5.76 Å². The summed E-state index contributed by atoms with van der Waals surface area (Å²) in [6.07, 6.45) is 6.30. The van der Waals surface area contributed by atoms with Crippen molar-refractivity contribution in [2.75, 3.05) is 5.88 Å². The molecule has 2 rings (SSSR count). The van der Waals surface area contributed by atoms with Gasteiger partial charge < -0.3 is 4.42 Å². The molecule has 5 heteroatoms. The maximum absolute atomic E-state index is 10.9. The minimum absolute atomic E-state index is 0.466. The van der Waals surface area contributed by atoms with Gasteiger partial charge in [-0.25, -0.2) is 9.78 Å². The summed E-state index contributed by atoms with van der Waals surface area (Å²) >= 11 is 5.53. The van der Waals surface area contributed by atoms with Gasteiger partial charge in [-0.3, -0.25) is 4.98 Å². The first-order valence-electron chi connectivity index (χ1n) is 4.51. The Morgan fingerprint density at radius 2 is 2.47 bits per heavy atom. The van der Waals surface area contributed by atoms with Crippen molar-refractivity contribution in [3.63, 3.8) is 0 Å². The van der Waals surface area contributed by atoms with Gasteiger partial charge in [-0.05, 0) is 18.1 Å². The van der Waals surface area contributed by atoms with Gasteiger partial charge in [-0.2, -0.15) is 0 Å². The number of hydrogen-bond acceptors (Lipinski definition) is 3. The minimum atomic E-state index is -0.487. The van der Waals surface area contributed by atoms with Gasteiger partial charge in [0.2, 0.25) is 0 Å². The first kappa shape index (κ1) is 9.98. The van der Waals surface area contributed by atoms with Gasteiger partial charge in [-0.1, -0.05) is 12.2 Å². The number of rotatable bonds is 3. The largest absolute Gasteiger partial charge is 0.418 e. The zero-order valence-corrected chi connectivity index (χ0v) is 8.62. The van der Waals surface area contributed by atoms with Crippen LogP contribution in [0.3, 0.4) is 0 Å². The molecule has 0 aliphatic carbocycles. The van der Waals surface area contributed by atoms with E-state index in [1.165, 1.54) is 0 Å². The molecule has 4 nitrogen and oxygen atoms in total. The van der Waals surface area contributed by atoms with Crippen molar-refractivity contribution in [1.29, 1.82) is 0 Å². The van der Waals surface area contributed by atoms with Crippen molar-refractivity contribution >= 4 is 28.9 Å². The highest BCUT2D eigenvalue weighted by Crippen LogP contribution is 2.10. The van der Waals surface area contributed by atoms with Crippen molar-refractivity contribution in [1.82, 2.24) is 9.97 Å². The maximum atomic E-state index is 10.9. The number of allylic oxidation sites excluding steroid dienone is 1. The molecule has 2 heterocycles. The molecule has 0 amide bonds. The molecule has 0 spiro atoms. The molecular weight excluding hydrogens is 216 g/mol. The topological polar surface area (TPSA) is 58.9 Å². The fourth-order valence-electron chi connectivity index (χ4n) is 1.23. The number of pyridine rings is 1. The summed E-state index contributed by atoms with van der Waals surface area (Å²) in [4.78, 5) is 17.4. The highest BCUT2D eigenvalue weighted by molar-refractivity contribution is 6.17. The van der Waals surface area contributed by atoms with Crippen molar-refractivity contribution < 1.29 is 4.42 Å². The van der Waals surface area contributed by atoms with Gasteiger partial charge in [0, 0.05) is 12.1 Å². The first-order chi connectivity index (χ1) is 7.29. The molecule has 0 saturated heterocycles. The predicted octanol–water partition coefficient (Wildman–Crippen LogP) is 2.16. The van der Waals surface area contributed by atoms with Crippen LogP contribution in [0.25, 0.3) is 17.3 Å². The van der Waals surface area contributed by atoms with E-state index in [2.05, 4.69) is 9.97 Å². The second-order valence-corrected chi connectivity index (χ2v) is 3.39. The van der Waals surface area contributed by atoms with Gasteiger partial charge in [-0.15, -0.1) is 11.6 Å². The van der Waals surface area contributed by atoms with Crippen LogP contribution in [0, 0.1) is 0 Å². The Balaban J connectivity index is 2.34. The normalized spacial score (nSPS) is 11.5. The molecular formula is C10H9ClN2O2. The maximum Gasteiger partial charge on any atom is 0.418 e. The number of fused-ring (bicyclic) bond motifs is 1. The van der Waals surface area contributed by atoms with Crippen molar-refractivity contribution in [2.24, 2.45) is 0 Å². The van der Waals surface area contributed by atoms with Crippen LogP contribution in [-0.2, 0) is 0 Å². The van der Waals surface area contributed by atoms with Crippen molar-refractivity contribution in [2.45, 2.75) is 6.42 Å². The van der Waals surface area contributed by atoms with E-state index < -0.39 is 5.76 Å². The monoisotopic (exact) mass is 224 g/mol. The fraction of sp³-hybridized carbons (Fsp3) is 0.200. The number of oxazole rings is 1. The summed E-state index contributed by atoms with van der Waals surface area (Å²) in [5, 5.41) is 0. The number of nitrogens with one attached hydrogen (secondary N) is 1. The standard InChI is InChI=1S/C10H9ClN2O2/c11-4-2-1-3-7-5-8-9(12-6-7)13-10(14)15-8/h1,3,5-6H,2,4H2,(H,12,13,14). The molecule has 0 atom stereocenters. The number of aromatic nitrogens is 2. The van der Waals surface area contributed by atoms with E-state index in [1.807, 2.05) is 12.2 Å². The lowest BCUT2D eigenvalue weighted by Gasteiger charge is -1.91. The van der Waals surface area contributed by atoms with Crippen LogP contribution in [0.4, 0.5) is 0 Å². The Labute approximate surface area is 90.6 Å². The highest BCUT2D eigenvalue weighted by atomic mass is 35.5. The Bertz CT molecular complexity index is 542. The number of hydrogen-bond donors (Lipinski definition) is 1. The first-order valence-corrected chi connectivity index (χ1v) is 5.04. The molecule has 0 radical (unpaired) electrons. The molecule has 0 aliphatic heterocycles. The molecule has 2 aromatic heterocycles. The average Bonchev–Trinajstić information content (AvgIpc) is 2.57. The zero-order chi connectivity index (χ0) is 10.7. The van der Waals surface area contributed by atoms with Gasteiger partial charge in [0.05, 0.1) is 0 Å². The Hall–Kier alpha value is -1.55. The summed E-state index contributed by atoms with van der Waals surface area (Å²) in [6.45, 7) is 0. The summed E-state index contributed by atoms with van der Waals surface area (Å²) in [7, 11) is 0. The van der Waals surface area contributed by atoms with Crippen molar-refractivity contribution in [3.05, 3.63) is 34.5 Å². The van der Waals surface area contributed by atoms with Crippen LogP contribution < -0.4 is 5.76 Å². The van der Waals surface area contributed by atoms with Gasteiger partial charge in [0.15, 0.2) is 11.2 Å². The summed E-state index contributed by atoms with van der Waals surface area (Å²) in [5.41, 5.74) is 1.82. The summed E-state index contributed by atoms with van der Waals surface area (Å²) in [5.74, 6) is 0.102. The predicted molar refractivity (Wildman–Crippen MR) is 59.0 cm³/mol. The molecule has 2 aromatic rings. The summed E-state index contributed by atoms with van der Waals surface area (Å²) < 4.78 is 4.88. The Morgan fingerprint density at radius 3 is 3.27 bits per heavy atom. The second kappa shape index (κ2) is 4.31. The Morgan fingerprint density at radius 1 is 1.60 bits per heavy atom. The minimum Gasteiger partial charge on any atom is -0.406 e. The Kier molecular flexibility index (Phi) is 2.87. The van der Waals surface area contributed by atoms with Crippen LogP contribution in [0.5, 0.6) is 0 Å². The third-order valence-electron chi connectivity index (χ3n) is 1.88. The van der Waals surface area contributed by atoms with E-state index in [0.29, 0.717) is 17.1 Å². The van der Waals surface area contributed by atoms with Crippen LogP contribution in [0.2, 0.25) is 0 Å². The van der Waals surface area contributed by atoms with Crippen molar-refractivity contribution in [3.8, 4) is 0 Å². The van der Waals surface area contributed by atoms with E-state index in [4.69, 9.17) is 16.0 Å². The fourth-order valence-corrected chi connectivity index (χ4v) is 1.35. The van der Waals surface area contributed by atoms with Gasteiger partial charge in [0.1, 0.15) is 0 Å². The lowest BCUT2D eigenvalue weighted by molar-refractivity contribution is 0.555. The number of halogens is 1. The number of alkyl halides is 1. The van der Waals surface area contributed by atoms with Crippen LogP contribution >= 0.6 is 11.6 Å². The third kappa shape index (κ3) is 2.27. The number of nitrogens with zero attached hydrogens (tertiary/aromatic N) is 1. The molecule has 15 heavy (non-hydrogen) atoms. The third-order valence-corrected chi connectivity index (χ3v) is 2.10. The molecule has 0 unspecified atom stereocenters. The molecule has 0 aliphatic rings. The molecule has 1 N–H and O–H groups in total. The lowest BCUT2D eigenvalue weighted by atomic mass is 10.2. The molecule has 0 fully saturated rings.